The van der Waals surface area contributed by atoms with Gasteiger partial charge in [0.05, 0.1) is 0 Å². The third kappa shape index (κ3) is 5.54. The van der Waals surface area contributed by atoms with E-state index in [1.807, 2.05) is 61.5 Å². The van der Waals surface area contributed by atoms with Crippen molar-refractivity contribution in [1.29, 1.82) is 0 Å². The van der Waals surface area contributed by atoms with Gasteiger partial charge in [-0.3, -0.25) is 14.2 Å². The van der Waals surface area contributed by atoms with Gasteiger partial charge in [-0.1, -0.05) is 54.6 Å². The Labute approximate surface area is 170 Å². The zero-order valence-electron chi connectivity index (χ0n) is 16.8. The lowest BCUT2D eigenvalue weighted by Crippen LogP contribution is -2.34. The third-order valence-electron chi connectivity index (χ3n) is 4.84. The van der Waals surface area contributed by atoms with Gasteiger partial charge in [-0.2, -0.15) is 0 Å². The average Bonchev–Trinajstić information content (AvgIpc) is 2.73. The van der Waals surface area contributed by atoms with Crippen molar-refractivity contribution in [3.05, 3.63) is 93.5 Å². The Kier molecular flexibility index (Phi) is 6.79. The Morgan fingerprint density at radius 1 is 1.03 bits per heavy atom. The van der Waals surface area contributed by atoms with Crippen molar-refractivity contribution in [2.75, 3.05) is 11.9 Å². The first-order valence-corrected chi connectivity index (χ1v) is 9.70. The van der Waals surface area contributed by atoms with E-state index in [9.17, 15) is 9.59 Å². The van der Waals surface area contributed by atoms with Crippen LogP contribution >= 0.6 is 0 Å². The van der Waals surface area contributed by atoms with Crippen LogP contribution in [-0.2, 0) is 24.3 Å². The first-order chi connectivity index (χ1) is 14.0. The molecular formula is C23H26N4O2. The second kappa shape index (κ2) is 9.68. The fourth-order valence-electron chi connectivity index (χ4n) is 3.06. The summed E-state index contributed by atoms with van der Waals surface area (Å²) >= 11 is 0. The van der Waals surface area contributed by atoms with Gasteiger partial charge in [0.15, 0.2) is 5.82 Å². The van der Waals surface area contributed by atoms with Crippen molar-refractivity contribution in [3.63, 3.8) is 0 Å². The van der Waals surface area contributed by atoms with Crippen LogP contribution in [0.2, 0.25) is 0 Å². The van der Waals surface area contributed by atoms with Crippen molar-refractivity contribution < 1.29 is 4.79 Å². The number of amides is 1. The molecule has 3 aromatic rings. The van der Waals surface area contributed by atoms with Gasteiger partial charge in [0.25, 0.3) is 5.56 Å². The summed E-state index contributed by atoms with van der Waals surface area (Å²) in [7, 11) is 0. The molecule has 2 N–H and O–H groups in total. The quantitative estimate of drug-likeness (QED) is 0.620. The number of anilines is 1. The highest BCUT2D eigenvalue weighted by Crippen LogP contribution is 2.06. The highest BCUT2D eigenvalue weighted by molar-refractivity contribution is 5.75. The minimum absolute atomic E-state index is 0.0353. The molecule has 0 saturated heterocycles. The van der Waals surface area contributed by atoms with Crippen LogP contribution < -0.4 is 16.2 Å². The maximum atomic E-state index is 12.8. The smallest absolute Gasteiger partial charge is 0.293 e. The summed E-state index contributed by atoms with van der Waals surface area (Å²) in [6.45, 7) is 4.77. The molecule has 0 aliphatic rings. The van der Waals surface area contributed by atoms with E-state index >= 15 is 0 Å². The van der Waals surface area contributed by atoms with E-state index in [2.05, 4.69) is 15.6 Å². The molecule has 0 aliphatic carbocycles. The van der Waals surface area contributed by atoms with Gasteiger partial charge in [0.2, 0.25) is 5.91 Å². The van der Waals surface area contributed by atoms with E-state index in [0.717, 1.165) is 17.5 Å². The van der Waals surface area contributed by atoms with Gasteiger partial charge < -0.3 is 10.6 Å². The molecule has 150 valence electrons. The number of carbonyl (C=O) groups excluding carboxylic acids is 1. The predicted molar refractivity (Wildman–Crippen MR) is 115 cm³/mol. The van der Waals surface area contributed by atoms with Gasteiger partial charge in [0.1, 0.15) is 6.54 Å². The van der Waals surface area contributed by atoms with E-state index in [1.54, 1.807) is 13.1 Å². The fraction of sp³-hybridized carbons (Fsp3) is 0.261. The van der Waals surface area contributed by atoms with Crippen LogP contribution in [0.4, 0.5) is 5.82 Å². The van der Waals surface area contributed by atoms with E-state index < -0.39 is 0 Å². The van der Waals surface area contributed by atoms with Crippen molar-refractivity contribution in [3.8, 4) is 0 Å². The normalized spacial score (nSPS) is 10.6. The van der Waals surface area contributed by atoms with Gasteiger partial charge in [-0.15, -0.1) is 0 Å². The Morgan fingerprint density at radius 2 is 1.76 bits per heavy atom. The molecule has 0 radical (unpaired) electrons. The lowest BCUT2D eigenvalue weighted by atomic mass is 10.1. The maximum Gasteiger partial charge on any atom is 0.293 e. The molecule has 0 saturated carbocycles. The summed E-state index contributed by atoms with van der Waals surface area (Å²) in [6.07, 6.45) is 2.40. The van der Waals surface area contributed by atoms with Crippen LogP contribution in [0.15, 0.2) is 65.6 Å². The Morgan fingerprint density at radius 3 is 2.52 bits per heavy atom. The summed E-state index contributed by atoms with van der Waals surface area (Å²) < 4.78 is 1.45. The lowest BCUT2D eigenvalue weighted by molar-refractivity contribution is -0.121. The molecule has 6 heteroatoms. The molecule has 0 spiro atoms. The van der Waals surface area contributed by atoms with Crippen LogP contribution in [-0.4, -0.2) is 22.0 Å². The molecule has 0 unspecified atom stereocenters. The summed E-state index contributed by atoms with van der Waals surface area (Å²) in [4.78, 5) is 29.4. The SMILES string of the molecule is Cc1ccccc1CNC(=O)Cn1c(C)cnc(NCCc2ccccc2)c1=O. The first kappa shape index (κ1) is 20.3. The predicted octanol–water partition coefficient (Wildman–Crippen LogP) is 2.83. The van der Waals surface area contributed by atoms with Gasteiger partial charge in [0, 0.05) is 25.0 Å². The molecule has 0 aliphatic heterocycles. The lowest BCUT2D eigenvalue weighted by Gasteiger charge is -2.13. The number of aromatic nitrogens is 2. The van der Waals surface area contributed by atoms with Crippen molar-refractivity contribution >= 4 is 11.7 Å². The Bertz CT molecular complexity index is 1030. The number of nitrogens with zero attached hydrogens (tertiary/aromatic N) is 2. The second-order valence-corrected chi connectivity index (χ2v) is 7.01. The summed E-state index contributed by atoms with van der Waals surface area (Å²) in [6, 6.07) is 17.9. The molecular weight excluding hydrogens is 364 g/mol. The zero-order valence-corrected chi connectivity index (χ0v) is 16.8. The topological polar surface area (TPSA) is 76.0 Å². The van der Waals surface area contributed by atoms with Gasteiger partial charge >= 0.3 is 0 Å². The summed E-state index contributed by atoms with van der Waals surface area (Å²) in [5, 5.41) is 5.98. The van der Waals surface area contributed by atoms with Crippen LogP contribution in [0, 0.1) is 13.8 Å². The number of benzene rings is 2. The molecule has 6 nitrogen and oxygen atoms in total. The molecule has 29 heavy (non-hydrogen) atoms. The van der Waals surface area contributed by atoms with Crippen LogP contribution in [0.25, 0.3) is 0 Å². The van der Waals surface area contributed by atoms with E-state index in [0.29, 0.717) is 18.8 Å². The van der Waals surface area contributed by atoms with Crippen molar-refractivity contribution in [2.24, 2.45) is 0 Å². The summed E-state index contributed by atoms with van der Waals surface area (Å²) in [5.41, 5.74) is 3.72. The van der Waals surface area contributed by atoms with E-state index in [-0.39, 0.29) is 23.8 Å². The number of hydrogen-bond donors (Lipinski definition) is 2. The van der Waals surface area contributed by atoms with E-state index in [4.69, 9.17) is 0 Å². The molecule has 0 bridgehead atoms. The highest BCUT2D eigenvalue weighted by atomic mass is 16.2. The first-order valence-electron chi connectivity index (χ1n) is 9.70. The van der Waals surface area contributed by atoms with Gasteiger partial charge in [-0.05, 0) is 37.0 Å². The molecule has 1 aromatic heterocycles. The maximum absolute atomic E-state index is 12.8. The molecule has 1 heterocycles. The zero-order chi connectivity index (χ0) is 20.6. The van der Waals surface area contributed by atoms with Crippen LogP contribution in [0.1, 0.15) is 22.4 Å². The highest BCUT2D eigenvalue weighted by Gasteiger charge is 2.11. The average molecular weight is 390 g/mol. The number of aryl methyl sites for hydroxylation is 2. The number of rotatable bonds is 8. The second-order valence-electron chi connectivity index (χ2n) is 7.01. The minimum atomic E-state index is -0.288. The monoisotopic (exact) mass is 390 g/mol. The largest absolute Gasteiger partial charge is 0.365 e. The molecule has 3 rings (SSSR count). The van der Waals surface area contributed by atoms with Gasteiger partial charge in [-0.25, -0.2) is 4.98 Å². The van der Waals surface area contributed by atoms with Crippen molar-refractivity contribution in [1.82, 2.24) is 14.9 Å². The van der Waals surface area contributed by atoms with Crippen molar-refractivity contribution in [2.45, 2.75) is 33.4 Å². The molecule has 2 aromatic carbocycles. The van der Waals surface area contributed by atoms with Crippen LogP contribution in [0.5, 0.6) is 0 Å². The van der Waals surface area contributed by atoms with Crippen LogP contribution in [0.3, 0.4) is 0 Å². The standard InChI is InChI=1S/C23H26N4O2/c1-17-8-6-7-11-20(17)15-25-21(28)16-27-18(2)14-26-22(23(27)29)24-13-12-19-9-4-3-5-10-19/h3-11,14H,12-13,15-16H2,1-2H3,(H,24,26)(H,25,28). The molecule has 0 fully saturated rings. The number of nitrogens with one attached hydrogen (secondary N) is 2. The number of carbonyl (C=O) groups is 1. The fourth-order valence-corrected chi connectivity index (χ4v) is 3.06. The van der Waals surface area contributed by atoms with E-state index in [1.165, 1.54) is 10.1 Å². The Hall–Kier alpha value is -3.41. The summed E-state index contributed by atoms with van der Waals surface area (Å²) in [5.74, 6) is 0.0538. The third-order valence-corrected chi connectivity index (χ3v) is 4.84. The molecule has 0 atom stereocenters. The molecule has 1 amide bonds. The number of hydrogen-bond acceptors (Lipinski definition) is 4. The minimum Gasteiger partial charge on any atom is -0.365 e. The Balaban J connectivity index is 1.61.